The van der Waals surface area contributed by atoms with Crippen LogP contribution in [0.4, 0.5) is 8.78 Å². The molecule has 1 aromatic carbocycles. The largest absolute Gasteiger partial charge is 0.480 e. The van der Waals surface area contributed by atoms with Crippen molar-refractivity contribution in [1.29, 1.82) is 0 Å². The predicted molar refractivity (Wildman–Crippen MR) is 44.4 cm³/mol. The molecule has 80 valence electrons. The molecule has 0 aliphatic rings. The van der Waals surface area contributed by atoms with Crippen molar-refractivity contribution in [2.45, 2.75) is 5.92 Å². The van der Waals surface area contributed by atoms with Gasteiger partial charge in [0.05, 0.1) is 0 Å². The summed E-state index contributed by atoms with van der Waals surface area (Å²) in [7, 11) is 0. The van der Waals surface area contributed by atoms with Crippen LogP contribution in [0.5, 0.6) is 0 Å². The van der Waals surface area contributed by atoms with Crippen molar-refractivity contribution in [3.63, 3.8) is 0 Å². The Bertz CT molecular complexity index is 382. The van der Waals surface area contributed by atoms with Gasteiger partial charge in [0.15, 0.2) is 5.92 Å². The Morgan fingerprint density at radius 3 is 1.73 bits per heavy atom. The van der Waals surface area contributed by atoms with Gasteiger partial charge in [-0.1, -0.05) is 0 Å². The van der Waals surface area contributed by atoms with Crippen molar-refractivity contribution in [3.05, 3.63) is 35.4 Å². The van der Waals surface area contributed by atoms with Crippen LogP contribution in [0.25, 0.3) is 0 Å². The molecule has 0 aliphatic carbocycles. The SMILES string of the molecule is O=C(O)C(C(=O)O)c1cc(F)cc(F)c1. The molecular formula is C9H6F2O4. The van der Waals surface area contributed by atoms with E-state index in [0.29, 0.717) is 18.2 Å². The fraction of sp³-hybridized carbons (Fsp3) is 0.111. The van der Waals surface area contributed by atoms with Crippen LogP contribution in [-0.4, -0.2) is 22.2 Å². The first-order valence-electron chi connectivity index (χ1n) is 3.83. The second-order valence-corrected chi connectivity index (χ2v) is 2.81. The van der Waals surface area contributed by atoms with Gasteiger partial charge in [0, 0.05) is 6.07 Å². The standard InChI is InChI=1S/C9H6F2O4/c10-5-1-4(2-6(11)3-5)7(8(12)13)9(14)15/h1-3,7H,(H,12,13)(H,14,15). The van der Waals surface area contributed by atoms with Crippen LogP contribution in [0.2, 0.25) is 0 Å². The van der Waals surface area contributed by atoms with Gasteiger partial charge in [-0.2, -0.15) is 0 Å². The summed E-state index contributed by atoms with van der Waals surface area (Å²) in [6.45, 7) is 0. The van der Waals surface area contributed by atoms with E-state index < -0.39 is 35.1 Å². The van der Waals surface area contributed by atoms with Gasteiger partial charge < -0.3 is 10.2 Å². The van der Waals surface area contributed by atoms with Gasteiger partial charge in [0.1, 0.15) is 11.6 Å². The van der Waals surface area contributed by atoms with E-state index in [4.69, 9.17) is 10.2 Å². The Kier molecular flexibility index (Phi) is 2.99. The van der Waals surface area contributed by atoms with Crippen LogP contribution >= 0.6 is 0 Å². The number of carbonyl (C=O) groups is 2. The number of hydrogen-bond acceptors (Lipinski definition) is 2. The molecule has 0 radical (unpaired) electrons. The number of carboxylic acid groups (broad SMARTS) is 2. The summed E-state index contributed by atoms with van der Waals surface area (Å²) >= 11 is 0. The summed E-state index contributed by atoms with van der Waals surface area (Å²) in [6, 6.07) is 1.89. The van der Waals surface area contributed by atoms with Crippen molar-refractivity contribution in [1.82, 2.24) is 0 Å². The van der Waals surface area contributed by atoms with E-state index in [1.807, 2.05) is 0 Å². The van der Waals surface area contributed by atoms with Gasteiger partial charge in [0.25, 0.3) is 0 Å². The van der Waals surface area contributed by atoms with Gasteiger partial charge in [-0.25, -0.2) is 8.78 Å². The van der Waals surface area contributed by atoms with Crippen molar-refractivity contribution in [2.75, 3.05) is 0 Å². The lowest BCUT2D eigenvalue weighted by Crippen LogP contribution is -2.21. The Morgan fingerprint density at radius 1 is 1.00 bits per heavy atom. The highest BCUT2D eigenvalue weighted by Crippen LogP contribution is 2.19. The first-order chi connectivity index (χ1) is 6.91. The average Bonchev–Trinajstić information content (AvgIpc) is 1.99. The molecule has 0 heterocycles. The van der Waals surface area contributed by atoms with E-state index >= 15 is 0 Å². The molecule has 0 aromatic heterocycles. The van der Waals surface area contributed by atoms with E-state index in [2.05, 4.69) is 0 Å². The summed E-state index contributed by atoms with van der Waals surface area (Å²) in [4.78, 5) is 21.1. The predicted octanol–water partition coefficient (Wildman–Crippen LogP) is 1.22. The maximum absolute atomic E-state index is 12.7. The fourth-order valence-corrected chi connectivity index (χ4v) is 1.13. The van der Waals surface area contributed by atoms with E-state index in [9.17, 15) is 18.4 Å². The van der Waals surface area contributed by atoms with E-state index in [1.54, 1.807) is 0 Å². The zero-order valence-electron chi connectivity index (χ0n) is 7.28. The third-order valence-corrected chi connectivity index (χ3v) is 1.71. The molecule has 2 N–H and O–H groups in total. The quantitative estimate of drug-likeness (QED) is 0.745. The average molecular weight is 216 g/mol. The molecular weight excluding hydrogens is 210 g/mol. The molecule has 4 nitrogen and oxygen atoms in total. The summed E-state index contributed by atoms with van der Waals surface area (Å²) in [5.74, 6) is -7.34. The lowest BCUT2D eigenvalue weighted by atomic mass is 9.99. The van der Waals surface area contributed by atoms with Gasteiger partial charge in [0.2, 0.25) is 0 Å². The Hall–Kier alpha value is -1.98. The van der Waals surface area contributed by atoms with Gasteiger partial charge in [-0.3, -0.25) is 9.59 Å². The molecule has 1 aromatic rings. The Labute approximate surface area is 82.8 Å². The van der Waals surface area contributed by atoms with Gasteiger partial charge >= 0.3 is 11.9 Å². The minimum Gasteiger partial charge on any atom is -0.480 e. The molecule has 0 unspecified atom stereocenters. The van der Waals surface area contributed by atoms with E-state index in [-0.39, 0.29) is 0 Å². The van der Waals surface area contributed by atoms with Crippen molar-refractivity contribution >= 4 is 11.9 Å². The van der Waals surface area contributed by atoms with Crippen molar-refractivity contribution < 1.29 is 28.6 Å². The van der Waals surface area contributed by atoms with Crippen molar-refractivity contribution in [2.24, 2.45) is 0 Å². The van der Waals surface area contributed by atoms with Crippen LogP contribution in [0.1, 0.15) is 11.5 Å². The third-order valence-electron chi connectivity index (χ3n) is 1.71. The van der Waals surface area contributed by atoms with Crippen molar-refractivity contribution in [3.8, 4) is 0 Å². The Morgan fingerprint density at radius 2 is 1.40 bits per heavy atom. The van der Waals surface area contributed by atoms with Crippen LogP contribution in [0, 0.1) is 11.6 Å². The number of carboxylic acids is 2. The third kappa shape index (κ3) is 2.49. The smallest absolute Gasteiger partial charge is 0.322 e. The second kappa shape index (κ2) is 4.04. The molecule has 0 aliphatic heterocycles. The summed E-state index contributed by atoms with van der Waals surface area (Å²) in [5.41, 5.74) is -0.437. The molecule has 0 fully saturated rings. The summed E-state index contributed by atoms with van der Waals surface area (Å²) < 4.78 is 25.4. The molecule has 0 spiro atoms. The molecule has 6 heteroatoms. The summed E-state index contributed by atoms with van der Waals surface area (Å²) in [5, 5.41) is 17.1. The first kappa shape index (κ1) is 11.1. The maximum atomic E-state index is 12.7. The van der Waals surface area contributed by atoms with Gasteiger partial charge in [-0.15, -0.1) is 0 Å². The Balaban J connectivity index is 3.22. The minimum absolute atomic E-state index is 0.437. The van der Waals surface area contributed by atoms with Gasteiger partial charge in [-0.05, 0) is 17.7 Å². The first-order valence-corrected chi connectivity index (χ1v) is 3.83. The molecule has 0 bridgehead atoms. The highest BCUT2D eigenvalue weighted by atomic mass is 19.1. The van der Waals surface area contributed by atoms with E-state index in [1.165, 1.54) is 0 Å². The van der Waals surface area contributed by atoms with Crippen LogP contribution < -0.4 is 0 Å². The van der Waals surface area contributed by atoms with Crippen LogP contribution in [0.15, 0.2) is 18.2 Å². The lowest BCUT2D eigenvalue weighted by Gasteiger charge is -2.07. The zero-order chi connectivity index (χ0) is 11.6. The molecule has 1 rings (SSSR count). The number of rotatable bonds is 3. The van der Waals surface area contributed by atoms with Crippen LogP contribution in [-0.2, 0) is 9.59 Å². The topological polar surface area (TPSA) is 74.6 Å². The van der Waals surface area contributed by atoms with Crippen LogP contribution in [0.3, 0.4) is 0 Å². The number of benzene rings is 1. The normalized spacial score (nSPS) is 10.3. The fourth-order valence-electron chi connectivity index (χ4n) is 1.13. The number of aliphatic carboxylic acids is 2. The maximum Gasteiger partial charge on any atom is 0.322 e. The summed E-state index contributed by atoms with van der Waals surface area (Å²) in [6.07, 6.45) is 0. The van der Waals surface area contributed by atoms with E-state index in [0.717, 1.165) is 0 Å². The highest BCUT2D eigenvalue weighted by molar-refractivity contribution is 5.98. The molecule has 0 saturated carbocycles. The molecule has 0 amide bonds. The number of halogens is 2. The molecule has 0 atom stereocenters. The zero-order valence-corrected chi connectivity index (χ0v) is 7.28. The lowest BCUT2D eigenvalue weighted by molar-refractivity contribution is -0.150. The molecule has 15 heavy (non-hydrogen) atoms. The second-order valence-electron chi connectivity index (χ2n) is 2.81. The monoisotopic (exact) mass is 216 g/mol. The highest BCUT2D eigenvalue weighted by Gasteiger charge is 2.28. The number of hydrogen-bond donors (Lipinski definition) is 2. The minimum atomic E-state index is -1.96. The molecule has 0 saturated heterocycles.